The summed E-state index contributed by atoms with van der Waals surface area (Å²) >= 11 is 0. The van der Waals surface area contributed by atoms with Gasteiger partial charge in [-0.1, -0.05) is 17.7 Å². The van der Waals surface area contributed by atoms with Crippen LogP contribution in [0.15, 0.2) is 24.3 Å². The molecule has 2 aromatic rings. The lowest BCUT2D eigenvalue weighted by atomic mass is 10.2. The third-order valence-corrected chi connectivity index (χ3v) is 2.42. The van der Waals surface area contributed by atoms with Gasteiger partial charge in [-0.2, -0.15) is 4.68 Å². The van der Waals surface area contributed by atoms with Crippen molar-refractivity contribution < 1.29 is 0 Å². The van der Waals surface area contributed by atoms with Crippen molar-refractivity contribution in [1.29, 1.82) is 0 Å². The van der Waals surface area contributed by atoms with Crippen molar-refractivity contribution in [2.24, 2.45) is 5.73 Å². The molecule has 0 saturated carbocycles. The molecule has 0 fully saturated rings. The smallest absolute Gasteiger partial charge is 0.156 e. The van der Waals surface area contributed by atoms with Crippen molar-refractivity contribution in [3.8, 4) is 5.69 Å². The Morgan fingerprint density at radius 2 is 2.00 bits per heavy atom. The van der Waals surface area contributed by atoms with Crippen molar-refractivity contribution in [3.05, 3.63) is 35.7 Å². The molecule has 0 amide bonds. The summed E-state index contributed by atoms with van der Waals surface area (Å²) in [6.07, 6.45) is 1.70. The van der Waals surface area contributed by atoms with E-state index in [9.17, 15) is 0 Å². The van der Waals surface area contributed by atoms with Gasteiger partial charge in [0.05, 0.1) is 5.69 Å². The Kier molecular flexibility index (Phi) is 3.26. The van der Waals surface area contributed by atoms with E-state index in [1.54, 1.807) is 4.68 Å². The second kappa shape index (κ2) is 4.85. The van der Waals surface area contributed by atoms with Gasteiger partial charge in [-0.3, -0.25) is 0 Å². The van der Waals surface area contributed by atoms with Gasteiger partial charge in [0.1, 0.15) is 0 Å². The highest BCUT2D eigenvalue weighted by atomic mass is 15.5. The van der Waals surface area contributed by atoms with Crippen LogP contribution in [-0.4, -0.2) is 26.8 Å². The quantitative estimate of drug-likeness (QED) is 0.824. The van der Waals surface area contributed by atoms with E-state index in [0.717, 1.165) is 24.4 Å². The zero-order chi connectivity index (χ0) is 11.4. The van der Waals surface area contributed by atoms with Crippen LogP contribution >= 0.6 is 0 Å². The van der Waals surface area contributed by atoms with Gasteiger partial charge >= 0.3 is 0 Å². The van der Waals surface area contributed by atoms with Gasteiger partial charge in [0.15, 0.2) is 5.82 Å². The van der Waals surface area contributed by atoms with Gasteiger partial charge in [-0.25, -0.2) is 0 Å². The molecule has 0 aliphatic heterocycles. The maximum atomic E-state index is 5.48. The normalized spacial score (nSPS) is 10.6. The SMILES string of the molecule is Cc1ccc(-n2nnnc2CCCN)cc1. The first-order valence-electron chi connectivity index (χ1n) is 5.35. The number of tetrazole rings is 1. The maximum Gasteiger partial charge on any atom is 0.156 e. The zero-order valence-corrected chi connectivity index (χ0v) is 9.30. The average molecular weight is 217 g/mol. The van der Waals surface area contributed by atoms with Crippen LogP contribution in [0.25, 0.3) is 5.69 Å². The molecule has 1 aromatic carbocycles. The van der Waals surface area contributed by atoms with Gasteiger partial charge in [0.25, 0.3) is 0 Å². The lowest BCUT2D eigenvalue weighted by Gasteiger charge is -2.04. The second-order valence-electron chi connectivity index (χ2n) is 3.73. The first-order chi connectivity index (χ1) is 7.81. The molecular weight excluding hydrogens is 202 g/mol. The number of aryl methyl sites for hydroxylation is 2. The fraction of sp³-hybridized carbons (Fsp3) is 0.364. The van der Waals surface area contributed by atoms with E-state index in [1.165, 1.54) is 5.56 Å². The second-order valence-corrected chi connectivity index (χ2v) is 3.73. The molecule has 5 heteroatoms. The fourth-order valence-electron chi connectivity index (χ4n) is 1.51. The summed E-state index contributed by atoms with van der Waals surface area (Å²) in [5, 5.41) is 11.7. The number of hydrogen-bond acceptors (Lipinski definition) is 4. The van der Waals surface area contributed by atoms with E-state index in [-0.39, 0.29) is 0 Å². The van der Waals surface area contributed by atoms with E-state index in [1.807, 2.05) is 24.3 Å². The number of benzene rings is 1. The summed E-state index contributed by atoms with van der Waals surface area (Å²) < 4.78 is 1.76. The van der Waals surface area contributed by atoms with E-state index < -0.39 is 0 Å². The predicted molar refractivity (Wildman–Crippen MR) is 61.3 cm³/mol. The van der Waals surface area contributed by atoms with Crippen molar-refractivity contribution in [1.82, 2.24) is 20.2 Å². The Balaban J connectivity index is 2.26. The van der Waals surface area contributed by atoms with E-state index in [2.05, 4.69) is 22.4 Å². The molecule has 1 heterocycles. The largest absolute Gasteiger partial charge is 0.330 e. The molecule has 0 bridgehead atoms. The summed E-state index contributed by atoms with van der Waals surface area (Å²) in [6.45, 7) is 2.71. The van der Waals surface area contributed by atoms with E-state index in [4.69, 9.17) is 5.73 Å². The zero-order valence-electron chi connectivity index (χ0n) is 9.30. The molecule has 2 rings (SSSR count). The Bertz CT molecular complexity index is 446. The molecule has 84 valence electrons. The van der Waals surface area contributed by atoms with Gasteiger partial charge in [0, 0.05) is 6.42 Å². The van der Waals surface area contributed by atoms with Crippen LogP contribution in [-0.2, 0) is 6.42 Å². The van der Waals surface area contributed by atoms with Crippen molar-refractivity contribution in [3.63, 3.8) is 0 Å². The summed E-state index contributed by atoms with van der Waals surface area (Å²) in [7, 11) is 0. The standard InChI is InChI=1S/C11H15N5/c1-9-4-6-10(7-5-9)16-11(3-2-8-12)13-14-15-16/h4-7H,2-3,8,12H2,1H3. The number of hydrogen-bond donors (Lipinski definition) is 1. The van der Waals surface area contributed by atoms with Crippen molar-refractivity contribution in [2.75, 3.05) is 6.54 Å². The maximum absolute atomic E-state index is 5.48. The molecule has 16 heavy (non-hydrogen) atoms. The lowest BCUT2D eigenvalue weighted by molar-refractivity contribution is 0.726. The Hall–Kier alpha value is -1.75. The third-order valence-electron chi connectivity index (χ3n) is 2.42. The summed E-state index contributed by atoms with van der Waals surface area (Å²) in [4.78, 5) is 0. The number of aromatic nitrogens is 4. The molecule has 2 N–H and O–H groups in total. The van der Waals surface area contributed by atoms with Crippen LogP contribution in [0.2, 0.25) is 0 Å². The topological polar surface area (TPSA) is 69.6 Å². The highest BCUT2D eigenvalue weighted by molar-refractivity contribution is 5.33. The molecule has 0 saturated heterocycles. The van der Waals surface area contributed by atoms with Gasteiger partial charge in [-0.05, 0) is 42.4 Å². The fourth-order valence-corrected chi connectivity index (χ4v) is 1.51. The van der Waals surface area contributed by atoms with E-state index in [0.29, 0.717) is 6.54 Å². The summed E-state index contributed by atoms with van der Waals surface area (Å²) in [6, 6.07) is 8.11. The predicted octanol–water partition coefficient (Wildman–Crippen LogP) is 0.862. The van der Waals surface area contributed by atoms with Crippen LogP contribution in [0.5, 0.6) is 0 Å². The molecule has 0 unspecified atom stereocenters. The molecule has 1 aromatic heterocycles. The first kappa shape index (κ1) is 10.8. The van der Waals surface area contributed by atoms with Crippen molar-refractivity contribution in [2.45, 2.75) is 19.8 Å². The molecule has 0 spiro atoms. The number of rotatable bonds is 4. The highest BCUT2D eigenvalue weighted by Crippen LogP contribution is 2.10. The van der Waals surface area contributed by atoms with Crippen molar-refractivity contribution >= 4 is 0 Å². The third kappa shape index (κ3) is 2.25. The van der Waals surface area contributed by atoms with Crippen LogP contribution < -0.4 is 5.73 Å². The minimum absolute atomic E-state index is 0.654. The molecular formula is C11H15N5. The van der Waals surface area contributed by atoms with Gasteiger partial charge < -0.3 is 5.73 Å². The molecule has 0 aliphatic carbocycles. The molecule has 0 radical (unpaired) electrons. The lowest BCUT2D eigenvalue weighted by Crippen LogP contribution is -2.06. The summed E-state index contributed by atoms with van der Waals surface area (Å²) in [5.41, 5.74) is 7.69. The van der Waals surface area contributed by atoms with Crippen LogP contribution in [0.1, 0.15) is 17.8 Å². The summed E-state index contributed by atoms with van der Waals surface area (Å²) in [5.74, 6) is 0.856. The van der Waals surface area contributed by atoms with Gasteiger partial charge in [0.2, 0.25) is 0 Å². The van der Waals surface area contributed by atoms with Crippen LogP contribution in [0.3, 0.4) is 0 Å². The highest BCUT2D eigenvalue weighted by Gasteiger charge is 2.06. The monoisotopic (exact) mass is 217 g/mol. The Morgan fingerprint density at radius 3 is 2.69 bits per heavy atom. The number of nitrogens with two attached hydrogens (primary N) is 1. The average Bonchev–Trinajstić information content (AvgIpc) is 2.75. The Morgan fingerprint density at radius 1 is 1.25 bits per heavy atom. The van der Waals surface area contributed by atoms with Gasteiger partial charge in [-0.15, -0.1) is 5.10 Å². The molecule has 5 nitrogen and oxygen atoms in total. The van der Waals surface area contributed by atoms with Crippen LogP contribution in [0, 0.1) is 6.92 Å². The minimum atomic E-state index is 0.654. The Labute approximate surface area is 94.3 Å². The number of nitrogens with zero attached hydrogens (tertiary/aromatic N) is 4. The molecule has 0 aliphatic rings. The molecule has 0 atom stereocenters. The minimum Gasteiger partial charge on any atom is -0.330 e. The van der Waals surface area contributed by atoms with Crippen LogP contribution in [0.4, 0.5) is 0 Å². The first-order valence-corrected chi connectivity index (χ1v) is 5.35. The van der Waals surface area contributed by atoms with E-state index >= 15 is 0 Å².